The monoisotopic (exact) mass is 283 g/mol. The summed E-state index contributed by atoms with van der Waals surface area (Å²) in [6.45, 7) is 0. The summed E-state index contributed by atoms with van der Waals surface area (Å²) in [7, 11) is -4.14. The Morgan fingerprint density at radius 1 is 1.22 bits per heavy atom. The van der Waals surface area contributed by atoms with Crippen LogP contribution in [-0.4, -0.2) is 25.2 Å². The minimum absolute atomic E-state index is 0.549. The van der Waals surface area contributed by atoms with Crippen LogP contribution in [0.5, 0.6) is 0 Å². The first-order valence-electron chi connectivity index (χ1n) is 4.59. The van der Waals surface area contributed by atoms with Crippen molar-refractivity contribution in [2.24, 2.45) is 0 Å². The number of rotatable bonds is 5. The van der Waals surface area contributed by atoms with Gasteiger partial charge >= 0.3 is 5.97 Å². The van der Waals surface area contributed by atoms with E-state index in [0.29, 0.717) is 12.1 Å². The molecular formula is C9H8F3NO4S. The van der Waals surface area contributed by atoms with Crippen LogP contribution in [0, 0.1) is 17.5 Å². The molecule has 0 saturated heterocycles. The van der Waals surface area contributed by atoms with Gasteiger partial charge in [-0.05, 0) is 12.1 Å². The molecule has 1 rings (SSSR count). The fraction of sp³-hybridized carbons (Fsp3) is 0.222. The van der Waals surface area contributed by atoms with Crippen molar-refractivity contribution < 1.29 is 31.5 Å². The molecule has 0 aliphatic rings. The lowest BCUT2D eigenvalue weighted by Crippen LogP contribution is -2.20. The summed E-state index contributed by atoms with van der Waals surface area (Å²) < 4.78 is 62.7. The quantitative estimate of drug-likeness (QED) is 0.798. The fourth-order valence-electron chi connectivity index (χ4n) is 1.04. The maximum absolute atomic E-state index is 13.1. The first-order chi connectivity index (χ1) is 8.23. The van der Waals surface area contributed by atoms with Gasteiger partial charge < -0.3 is 5.11 Å². The molecule has 1 aromatic carbocycles. The second-order valence-electron chi connectivity index (χ2n) is 3.29. The number of sulfonamides is 1. The summed E-state index contributed by atoms with van der Waals surface area (Å²) >= 11 is 0. The molecule has 0 fully saturated rings. The second-order valence-corrected chi connectivity index (χ2v) is 5.13. The average molecular weight is 283 g/mol. The molecule has 18 heavy (non-hydrogen) atoms. The van der Waals surface area contributed by atoms with Crippen molar-refractivity contribution in [1.29, 1.82) is 0 Å². The Labute approximate surface area is 100 Å². The molecule has 0 spiro atoms. The van der Waals surface area contributed by atoms with E-state index in [1.54, 1.807) is 4.72 Å². The Kier molecular flexibility index (Phi) is 4.17. The molecule has 0 bridgehead atoms. The van der Waals surface area contributed by atoms with Crippen molar-refractivity contribution in [3.8, 4) is 0 Å². The van der Waals surface area contributed by atoms with E-state index in [2.05, 4.69) is 0 Å². The second kappa shape index (κ2) is 5.25. The first kappa shape index (κ1) is 14.3. The minimum Gasteiger partial charge on any atom is -0.481 e. The third-order valence-corrected chi connectivity index (χ3v) is 3.16. The zero-order chi connectivity index (χ0) is 13.9. The smallest absolute Gasteiger partial charge is 0.304 e. The van der Waals surface area contributed by atoms with E-state index in [1.807, 2.05) is 0 Å². The van der Waals surface area contributed by atoms with Crippen LogP contribution in [0.3, 0.4) is 0 Å². The third-order valence-electron chi connectivity index (χ3n) is 1.89. The van der Waals surface area contributed by atoms with Crippen LogP contribution in [0.4, 0.5) is 18.9 Å². The number of halogens is 3. The van der Waals surface area contributed by atoms with Crippen molar-refractivity contribution >= 4 is 21.7 Å². The van der Waals surface area contributed by atoms with E-state index < -0.39 is 51.3 Å². The number of carboxylic acid groups (broad SMARTS) is 1. The van der Waals surface area contributed by atoms with Crippen LogP contribution in [0.25, 0.3) is 0 Å². The molecule has 0 atom stereocenters. The van der Waals surface area contributed by atoms with Gasteiger partial charge in [0.25, 0.3) is 0 Å². The van der Waals surface area contributed by atoms with Gasteiger partial charge in [-0.2, -0.15) is 0 Å². The Balaban J connectivity index is 2.91. The largest absolute Gasteiger partial charge is 0.481 e. The van der Waals surface area contributed by atoms with Crippen LogP contribution in [0.2, 0.25) is 0 Å². The number of hydrogen-bond donors (Lipinski definition) is 2. The van der Waals surface area contributed by atoms with E-state index >= 15 is 0 Å². The molecule has 100 valence electrons. The van der Waals surface area contributed by atoms with Gasteiger partial charge in [-0.3, -0.25) is 9.52 Å². The lowest BCUT2D eigenvalue weighted by atomic mass is 10.3. The minimum atomic E-state index is -4.14. The lowest BCUT2D eigenvalue weighted by molar-refractivity contribution is -0.136. The summed E-state index contributed by atoms with van der Waals surface area (Å²) in [6.07, 6.45) is -0.694. The van der Waals surface area contributed by atoms with Crippen LogP contribution >= 0.6 is 0 Å². The van der Waals surface area contributed by atoms with Crippen LogP contribution in [0.1, 0.15) is 6.42 Å². The Morgan fingerprint density at radius 2 is 1.83 bits per heavy atom. The average Bonchev–Trinajstić information content (AvgIpc) is 2.28. The highest BCUT2D eigenvalue weighted by molar-refractivity contribution is 7.92. The molecule has 0 heterocycles. The van der Waals surface area contributed by atoms with E-state index in [4.69, 9.17) is 5.11 Å². The summed E-state index contributed by atoms with van der Waals surface area (Å²) in [5, 5.41) is 8.30. The molecule has 2 N–H and O–H groups in total. The number of aliphatic carboxylic acids is 1. The normalized spacial score (nSPS) is 11.3. The van der Waals surface area contributed by atoms with Gasteiger partial charge in [-0.1, -0.05) is 0 Å². The number of carbonyl (C=O) groups is 1. The maximum atomic E-state index is 13.1. The molecule has 0 unspecified atom stereocenters. The Bertz CT molecular complexity index is 573. The third kappa shape index (κ3) is 3.62. The predicted octanol–water partition coefficient (Wildman–Crippen LogP) is 1.32. The van der Waals surface area contributed by atoms with Gasteiger partial charge in [0.2, 0.25) is 10.0 Å². The van der Waals surface area contributed by atoms with Crippen LogP contribution in [-0.2, 0) is 14.8 Å². The molecule has 0 aliphatic carbocycles. The highest BCUT2D eigenvalue weighted by Gasteiger charge is 2.18. The van der Waals surface area contributed by atoms with Crippen molar-refractivity contribution in [3.63, 3.8) is 0 Å². The highest BCUT2D eigenvalue weighted by Crippen LogP contribution is 2.20. The molecule has 0 aliphatic heterocycles. The van der Waals surface area contributed by atoms with Gasteiger partial charge in [0, 0.05) is 0 Å². The van der Waals surface area contributed by atoms with Crippen molar-refractivity contribution in [1.82, 2.24) is 0 Å². The molecule has 0 amide bonds. The summed E-state index contributed by atoms with van der Waals surface area (Å²) in [5.41, 5.74) is -0.778. The molecule has 0 aromatic heterocycles. The molecule has 1 aromatic rings. The molecule has 5 nitrogen and oxygen atoms in total. The number of nitrogens with one attached hydrogen (secondary N) is 1. The van der Waals surface area contributed by atoms with Crippen LogP contribution < -0.4 is 4.72 Å². The number of hydrogen-bond acceptors (Lipinski definition) is 3. The Morgan fingerprint density at radius 3 is 2.39 bits per heavy atom. The van der Waals surface area contributed by atoms with E-state index in [0.717, 1.165) is 0 Å². The predicted molar refractivity (Wildman–Crippen MR) is 56.0 cm³/mol. The SMILES string of the molecule is O=C(O)CCS(=O)(=O)Nc1ccc(F)c(F)c1F. The molecule has 9 heteroatoms. The zero-order valence-electron chi connectivity index (χ0n) is 8.78. The van der Waals surface area contributed by atoms with E-state index in [-0.39, 0.29) is 0 Å². The van der Waals surface area contributed by atoms with Gasteiger partial charge in [0.1, 0.15) is 0 Å². The first-order valence-corrected chi connectivity index (χ1v) is 6.24. The highest BCUT2D eigenvalue weighted by atomic mass is 32.2. The van der Waals surface area contributed by atoms with Gasteiger partial charge in [-0.25, -0.2) is 21.6 Å². The topological polar surface area (TPSA) is 83.5 Å². The summed E-state index contributed by atoms with van der Waals surface area (Å²) in [5.74, 6) is -7.12. The molecule has 0 radical (unpaired) electrons. The zero-order valence-corrected chi connectivity index (χ0v) is 9.60. The number of benzene rings is 1. The van der Waals surface area contributed by atoms with E-state index in [9.17, 15) is 26.4 Å². The van der Waals surface area contributed by atoms with Gasteiger partial charge in [0.15, 0.2) is 17.5 Å². The van der Waals surface area contributed by atoms with Crippen molar-refractivity contribution in [2.45, 2.75) is 6.42 Å². The van der Waals surface area contributed by atoms with Crippen LogP contribution in [0.15, 0.2) is 12.1 Å². The Hall–Kier alpha value is -1.77. The maximum Gasteiger partial charge on any atom is 0.304 e. The standard InChI is InChI=1S/C9H8F3NO4S/c10-5-1-2-6(9(12)8(5)11)13-18(16,17)4-3-7(14)15/h1-2,13H,3-4H2,(H,14,15). The fourth-order valence-corrected chi connectivity index (χ4v) is 2.08. The van der Waals surface area contributed by atoms with E-state index in [1.165, 1.54) is 0 Å². The molecule has 0 saturated carbocycles. The van der Waals surface area contributed by atoms with Crippen molar-refractivity contribution in [2.75, 3.05) is 10.5 Å². The summed E-state index contributed by atoms with van der Waals surface area (Å²) in [4.78, 5) is 10.2. The number of anilines is 1. The van der Waals surface area contributed by atoms with Gasteiger partial charge in [-0.15, -0.1) is 0 Å². The lowest BCUT2D eigenvalue weighted by Gasteiger charge is -2.08. The summed E-state index contributed by atoms with van der Waals surface area (Å²) in [6, 6.07) is 1.25. The molecular weight excluding hydrogens is 275 g/mol. The van der Waals surface area contributed by atoms with Crippen molar-refractivity contribution in [3.05, 3.63) is 29.6 Å². The number of carboxylic acids is 1. The van der Waals surface area contributed by atoms with Gasteiger partial charge in [0.05, 0.1) is 17.9 Å².